The molecule has 19 heavy (non-hydrogen) atoms. The minimum absolute atomic E-state index is 0.368. The summed E-state index contributed by atoms with van der Waals surface area (Å²) in [5.74, 6) is 3.80. The smallest absolute Gasteiger partial charge is 0.135 e. The predicted molar refractivity (Wildman–Crippen MR) is 81.0 cm³/mol. The molecule has 1 aromatic heterocycles. The largest absolute Gasteiger partial charge is 0.466 e. The maximum Gasteiger partial charge on any atom is 0.135 e. The van der Waals surface area contributed by atoms with Gasteiger partial charge in [-0.3, -0.25) is 0 Å². The lowest BCUT2D eigenvalue weighted by Crippen LogP contribution is -2.34. The lowest BCUT2D eigenvalue weighted by molar-refractivity contribution is 0.106. The summed E-state index contributed by atoms with van der Waals surface area (Å²) in [5.41, 5.74) is 0. The highest BCUT2D eigenvalue weighted by Crippen LogP contribution is 2.46. The standard InChI is InChI=1S/C16H24BrNO/c1-18-15(16-14(17)8-9-19-16)13-7-6-11-4-2-3-5-12(11)10-13/h8-9,11-13,15,18H,2-7,10H2,1H3. The molecule has 4 atom stereocenters. The summed E-state index contributed by atoms with van der Waals surface area (Å²) in [6.45, 7) is 0. The lowest BCUT2D eigenvalue weighted by atomic mass is 9.66. The summed E-state index contributed by atoms with van der Waals surface area (Å²) < 4.78 is 6.81. The zero-order valence-corrected chi connectivity index (χ0v) is 13.3. The molecule has 2 aliphatic rings. The first kappa shape index (κ1) is 13.7. The molecule has 1 heterocycles. The van der Waals surface area contributed by atoms with E-state index in [0.29, 0.717) is 6.04 Å². The molecule has 0 amide bonds. The molecule has 0 radical (unpaired) electrons. The molecule has 1 aromatic rings. The SMILES string of the molecule is CNC(c1occc1Br)C1CCC2CCCCC2C1. The average molecular weight is 326 g/mol. The van der Waals surface area contributed by atoms with Crippen LogP contribution in [-0.2, 0) is 0 Å². The van der Waals surface area contributed by atoms with Crippen molar-refractivity contribution in [1.29, 1.82) is 0 Å². The van der Waals surface area contributed by atoms with Crippen LogP contribution in [0.25, 0.3) is 0 Å². The van der Waals surface area contributed by atoms with E-state index in [1.54, 1.807) is 6.26 Å². The van der Waals surface area contributed by atoms with Gasteiger partial charge in [-0.25, -0.2) is 0 Å². The van der Waals surface area contributed by atoms with E-state index in [1.165, 1.54) is 44.9 Å². The summed E-state index contributed by atoms with van der Waals surface area (Å²) in [5, 5.41) is 3.49. The van der Waals surface area contributed by atoms with Gasteiger partial charge in [-0.15, -0.1) is 0 Å². The van der Waals surface area contributed by atoms with E-state index in [-0.39, 0.29) is 0 Å². The third kappa shape index (κ3) is 2.78. The highest BCUT2D eigenvalue weighted by Gasteiger charge is 2.36. The molecule has 2 aliphatic carbocycles. The van der Waals surface area contributed by atoms with Gasteiger partial charge in [-0.2, -0.15) is 0 Å². The summed E-state index contributed by atoms with van der Waals surface area (Å²) in [6.07, 6.45) is 11.8. The van der Waals surface area contributed by atoms with Gasteiger partial charge in [-0.1, -0.05) is 25.7 Å². The fourth-order valence-electron chi connectivity index (χ4n) is 4.32. The van der Waals surface area contributed by atoms with Crippen molar-refractivity contribution in [3.63, 3.8) is 0 Å². The summed E-state index contributed by atoms with van der Waals surface area (Å²) in [6, 6.07) is 2.37. The van der Waals surface area contributed by atoms with Crippen molar-refractivity contribution in [3.05, 3.63) is 22.6 Å². The zero-order chi connectivity index (χ0) is 13.2. The van der Waals surface area contributed by atoms with Gasteiger partial charge in [0.25, 0.3) is 0 Å². The molecular formula is C16H24BrNO. The van der Waals surface area contributed by atoms with Gasteiger partial charge in [0, 0.05) is 0 Å². The van der Waals surface area contributed by atoms with Crippen molar-refractivity contribution >= 4 is 15.9 Å². The second-order valence-corrected chi connectivity index (χ2v) is 7.13. The Balaban J connectivity index is 1.72. The van der Waals surface area contributed by atoms with E-state index in [4.69, 9.17) is 4.42 Å². The van der Waals surface area contributed by atoms with Crippen molar-refractivity contribution < 1.29 is 4.42 Å². The fraction of sp³-hybridized carbons (Fsp3) is 0.750. The summed E-state index contributed by atoms with van der Waals surface area (Å²) >= 11 is 3.61. The normalized spacial score (nSPS) is 32.8. The zero-order valence-electron chi connectivity index (χ0n) is 11.7. The van der Waals surface area contributed by atoms with E-state index in [2.05, 4.69) is 28.3 Å². The first-order valence-electron chi connectivity index (χ1n) is 7.69. The number of hydrogen-bond donors (Lipinski definition) is 1. The Morgan fingerprint density at radius 2 is 2.00 bits per heavy atom. The van der Waals surface area contributed by atoms with Crippen LogP contribution in [0.4, 0.5) is 0 Å². The van der Waals surface area contributed by atoms with Gasteiger partial charge in [0.1, 0.15) is 5.76 Å². The molecular weight excluding hydrogens is 302 g/mol. The van der Waals surface area contributed by atoms with E-state index in [1.807, 2.05) is 6.07 Å². The average Bonchev–Trinajstić information content (AvgIpc) is 2.86. The molecule has 0 saturated heterocycles. The third-order valence-corrected chi connectivity index (χ3v) is 5.95. The number of hydrogen-bond acceptors (Lipinski definition) is 2. The maximum absolute atomic E-state index is 5.70. The van der Waals surface area contributed by atoms with Gasteiger partial charge < -0.3 is 9.73 Å². The van der Waals surface area contributed by atoms with Crippen LogP contribution in [0.5, 0.6) is 0 Å². The number of fused-ring (bicyclic) bond motifs is 1. The van der Waals surface area contributed by atoms with Crippen molar-refractivity contribution in [3.8, 4) is 0 Å². The Morgan fingerprint density at radius 3 is 2.68 bits per heavy atom. The first-order chi connectivity index (χ1) is 9.29. The van der Waals surface area contributed by atoms with E-state index in [9.17, 15) is 0 Å². The number of halogens is 1. The van der Waals surface area contributed by atoms with Gasteiger partial charge >= 0.3 is 0 Å². The monoisotopic (exact) mass is 325 g/mol. The van der Waals surface area contributed by atoms with Gasteiger partial charge in [0.2, 0.25) is 0 Å². The van der Waals surface area contributed by atoms with Crippen LogP contribution in [0.1, 0.15) is 56.7 Å². The van der Waals surface area contributed by atoms with Crippen molar-refractivity contribution in [2.45, 2.75) is 51.0 Å². The van der Waals surface area contributed by atoms with Gasteiger partial charge in [0.15, 0.2) is 0 Å². The van der Waals surface area contributed by atoms with Gasteiger partial charge in [0.05, 0.1) is 16.8 Å². The van der Waals surface area contributed by atoms with Crippen molar-refractivity contribution in [2.24, 2.45) is 17.8 Å². The number of rotatable bonds is 3. The molecule has 106 valence electrons. The first-order valence-corrected chi connectivity index (χ1v) is 8.49. The summed E-state index contributed by atoms with van der Waals surface area (Å²) in [7, 11) is 2.06. The molecule has 3 rings (SSSR count). The number of furan rings is 1. The van der Waals surface area contributed by atoms with Crippen molar-refractivity contribution in [2.75, 3.05) is 7.05 Å². The molecule has 2 fully saturated rings. The van der Waals surface area contributed by atoms with E-state index >= 15 is 0 Å². The topological polar surface area (TPSA) is 25.2 Å². The summed E-state index contributed by atoms with van der Waals surface area (Å²) in [4.78, 5) is 0. The Kier molecular flexibility index (Phi) is 4.33. The van der Waals surface area contributed by atoms with Crippen molar-refractivity contribution in [1.82, 2.24) is 5.32 Å². The Morgan fingerprint density at radius 1 is 1.21 bits per heavy atom. The molecule has 2 nitrogen and oxygen atoms in total. The van der Waals surface area contributed by atoms with Crippen LogP contribution in [0, 0.1) is 17.8 Å². The quantitative estimate of drug-likeness (QED) is 0.854. The van der Waals surface area contributed by atoms with Crippen LogP contribution in [0.3, 0.4) is 0 Å². The number of nitrogens with one attached hydrogen (secondary N) is 1. The second kappa shape index (κ2) is 6.01. The van der Waals surface area contributed by atoms with Crippen LogP contribution in [0.15, 0.2) is 21.2 Å². The van der Waals surface area contributed by atoms with Crippen LogP contribution in [-0.4, -0.2) is 7.05 Å². The third-order valence-electron chi connectivity index (χ3n) is 5.29. The van der Waals surface area contributed by atoms with Crippen LogP contribution >= 0.6 is 15.9 Å². The van der Waals surface area contributed by atoms with Crippen LogP contribution in [0.2, 0.25) is 0 Å². The molecule has 0 aliphatic heterocycles. The van der Waals surface area contributed by atoms with Gasteiger partial charge in [-0.05, 0) is 66.1 Å². The Bertz CT molecular complexity index is 417. The Hall–Kier alpha value is -0.280. The highest BCUT2D eigenvalue weighted by atomic mass is 79.9. The molecule has 0 bridgehead atoms. The molecule has 1 N–H and O–H groups in total. The molecule has 3 heteroatoms. The lowest BCUT2D eigenvalue weighted by Gasteiger charge is -2.41. The van der Waals surface area contributed by atoms with Crippen LogP contribution < -0.4 is 5.32 Å². The predicted octanol–water partition coefficient (Wildman–Crippen LogP) is 4.91. The minimum atomic E-state index is 0.368. The van der Waals surface area contributed by atoms with E-state index < -0.39 is 0 Å². The molecule has 0 spiro atoms. The highest BCUT2D eigenvalue weighted by molar-refractivity contribution is 9.10. The van der Waals surface area contributed by atoms with E-state index in [0.717, 1.165) is 28.0 Å². The maximum atomic E-state index is 5.70. The molecule has 0 aromatic carbocycles. The molecule has 2 saturated carbocycles. The molecule has 4 unspecified atom stereocenters. The Labute approximate surface area is 124 Å². The second-order valence-electron chi connectivity index (χ2n) is 6.28. The minimum Gasteiger partial charge on any atom is -0.466 e. The fourth-order valence-corrected chi connectivity index (χ4v) is 4.77.